The molecule has 11 nitrogen and oxygen atoms in total. The molecule has 4 rings (SSSR count). The summed E-state index contributed by atoms with van der Waals surface area (Å²) in [5.74, 6) is -1.11. The molecule has 0 spiro atoms. The maximum absolute atomic E-state index is 13.8. The lowest BCUT2D eigenvalue weighted by atomic mass is 9.81. The number of rotatable bonds is 6. The molecule has 1 fully saturated rings. The minimum atomic E-state index is -4.05. The summed E-state index contributed by atoms with van der Waals surface area (Å²) in [7, 11) is -2.32. The maximum atomic E-state index is 13.8. The van der Waals surface area contributed by atoms with E-state index in [0.29, 0.717) is 37.9 Å². The van der Waals surface area contributed by atoms with Crippen LogP contribution in [-0.4, -0.2) is 53.9 Å². The first-order valence-electron chi connectivity index (χ1n) is 13.2. The van der Waals surface area contributed by atoms with Gasteiger partial charge in [0.05, 0.1) is 15.6 Å². The highest BCUT2D eigenvalue weighted by molar-refractivity contribution is 7.87. The van der Waals surface area contributed by atoms with Crippen LogP contribution < -0.4 is 15.4 Å². The molecule has 3 N–H and O–H groups in total. The van der Waals surface area contributed by atoms with Gasteiger partial charge in [-0.3, -0.25) is 14.9 Å². The van der Waals surface area contributed by atoms with Crippen LogP contribution >= 0.6 is 23.2 Å². The fraction of sp³-hybridized carbons (Fsp3) is 0.393. The number of carbonyl (C=O) groups excluding carboxylic acids is 3. The number of benzene rings is 2. The summed E-state index contributed by atoms with van der Waals surface area (Å²) in [6.07, 6.45) is -0.270. The van der Waals surface area contributed by atoms with Gasteiger partial charge in [-0.2, -0.15) is 12.7 Å². The zero-order valence-corrected chi connectivity index (χ0v) is 26.2. The van der Waals surface area contributed by atoms with Crippen LogP contribution in [0.2, 0.25) is 10.0 Å². The molecular weight excluding hydrogens is 605 g/mol. The number of nitrogens with one attached hydrogen (secondary N) is 3. The highest BCUT2D eigenvalue weighted by atomic mass is 35.5. The number of aromatic nitrogens is 1. The normalized spacial score (nSPS) is 15.7. The third kappa shape index (κ3) is 6.83. The molecule has 0 aliphatic carbocycles. The van der Waals surface area contributed by atoms with Crippen LogP contribution in [0.4, 0.5) is 10.5 Å². The van der Waals surface area contributed by atoms with Crippen molar-refractivity contribution in [3.63, 3.8) is 0 Å². The standard InChI is InChI=1S/C28H33Cl2N5O6S/c1-17(36)33-42(39,40)35-13-11-28(12-14-35,18-7-6-8-19(15-18)31-26(38)41-27(2,3)4)32-25(37)23-16-20-22(34(23)5)10-9-21(29)24(20)30/h6-10,15-16H,11-14H2,1-5H3,(H,31,38)(H,32,37)(H,33,36). The lowest BCUT2D eigenvalue weighted by Crippen LogP contribution is -2.56. The number of amides is 3. The number of carbonyl (C=O) groups is 3. The average molecular weight is 639 g/mol. The van der Waals surface area contributed by atoms with Gasteiger partial charge in [0, 0.05) is 43.7 Å². The zero-order chi connectivity index (χ0) is 31.0. The molecule has 1 aliphatic rings. The van der Waals surface area contributed by atoms with E-state index in [1.54, 1.807) is 74.9 Å². The molecule has 0 atom stereocenters. The second-order valence-electron chi connectivity index (χ2n) is 11.2. The van der Waals surface area contributed by atoms with Crippen LogP contribution in [0.1, 0.15) is 56.6 Å². The Morgan fingerprint density at radius 1 is 1.02 bits per heavy atom. The minimum Gasteiger partial charge on any atom is -0.444 e. The first kappa shape index (κ1) is 31.6. The first-order valence-corrected chi connectivity index (χ1v) is 15.4. The number of nitrogens with zero attached hydrogens (tertiary/aromatic N) is 2. The van der Waals surface area contributed by atoms with E-state index in [1.165, 1.54) is 4.31 Å². The van der Waals surface area contributed by atoms with Crippen LogP contribution in [0.5, 0.6) is 0 Å². The van der Waals surface area contributed by atoms with Gasteiger partial charge in [0.25, 0.3) is 5.91 Å². The Morgan fingerprint density at radius 3 is 2.31 bits per heavy atom. The molecule has 3 aromatic rings. The average Bonchev–Trinajstić information content (AvgIpc) is 3.22. The van der Waals surface area contributed by atoms with E-state index in [1.807, 2.05) is 4.72 Å². The Balaban J connectivity index is 1.69. The van der Waals surface area contributed by atoms with Crippen molar-refractivity contribution in [2.45, 2.75) is 51.7 Å². The quantitative estimate of drug-likeness (QED) is 0.350. The number of halogens is 2. The molecule has 0 radical (unpaired) electrons. The number of ether oxygens (including phenoxy) is 1. The Hall–Kier alpha value is -3.32. The molecule has 1 aromatic heterocycles. The molecule has 226 valence electrons. The molecule has 0 bridgehead atoms. The highest BCUT2D eigenvalue weighted by Gasteiger charge is 2.41. The fourth-order valence-corrected chi connectivity index (χ4v) is 6.54. The van der Waals surface area contributed by atoms with Crippen LogP contribution in [0.15, 0.2) is 42.5 Å². The summed E-state index contributed by atoms with van der Waals surface area (Å²) >= 11 is 12.6. The van der Waals surface area contributed by atoms with Gasteiger partial charge in [-0.15, -0.1) is 0 Å². The predicted octanol–water partition coefficient (Wildman–Crippen LogP) is 4.93. The molecule has 1 aliphatic heterocycles. The number of hydrogen-bond acceptors (Lipinski definition) is 6. The van der Waals surface area contributed by atoms with Gasteiger partial charge in [-0.1, -0.05) is 35.3 Å². The second kappa shape index (κ2) is 11.8. The number of piperidine rings is 1. The highest BCUT2D eigenvalue weighted by Crippen LogP contribution is 2.37. The zero-order valence-electron chi connectivity index (χ0n) is 23.9. The monoisotopic (exact) mass is 637 g/mol. The molecular formula is C28H33Cl2N5O6S. The molecule has 42 heavy (non-hydrogen) atoms. The molecule has 0 unspecified atom stereocenters. The SMILES string of the molecule is CC(=O)NS(=O)(=O)N1CCC(NC(=O)c2cc3c(Cl)c(Cl)ccc3n2C)(c2cccc(NC(=O)OC(C)(C)C)c2)CC1. The van der Waals surface area contributed by atoms with Crippen LogP contribution in [-0.2, 0) is 32.3 Å². The van der Waals surface area contributed by atoms with E-state index < -0.39 is 39.3 Å². The summed E-state index contributed by atoms with van der Waals surface area (Å²) in [5, 5.41) is 7.17. The van der Waals surface area contributed by atoms with Crippen molar-refractivity contribution in [3.05, 3.63) is 63.8 Å². The van der Waals surface area contributed by atoms with Gasteiger partial charge in [0.15, 0.2) is 0 Å². The lowest BCUT2D eigenvalue weighted by molar-refractivity contribution is -0.117. The van der Waals surface area contributed by atoms with Gasteiger partial charge >= 0.3 is 16.3 Å². The number of fused-ring (bicyclic) bond motifs is 1. The van der Waals surface area contributed by atoms with E-state index in [0.717, 1.165) is 6.92 Å². The maximum Gasteiger partial charge on any atom is 0.412 e. The van der Waals surface area contributed by atoms with E-state index in [4.69, 9.17) is 27.9 Å². The molecule has 3 amide bonds. The predicted molar refractivity (Wildman–Crippen MR) is 162 cm³/mol. The Bertz CT molecular complexity index is 1660. The smallest absolute Gasteiger partial charge is 0.412 e. The van der Waals surface area contributed by atoms with Crippen molar-refractivity contribution in [3.8, 4) is 0 Å². The van der Waals surface area contributed by atoms with Gasteiger partial charge in [0.1, 0.15) is 11.3 Å². The van der Waals surface area contributed by atoms with Crippen LogP contribution in [0, 0.1) is 0 Å². The number of hydrogen-bond donors (Lipinski definition) is 3. The van der Waals surface area contributed by atoms with Gasteiger partial charge in [0.2, 0.25) is 5.91 Å². The molecule has 0 saturated carbocycles. The van der Waals surface area contributed by atoms with E-state index in [-0.39, 0.29) is 25.9 Å². The topological polar surface area (TPSA) is 139 Å². The third-order valence-corrected chi connectivity index (χ3v) is 9.36. The van der Waals surface area contributed by atoms with Crippen LogP contribution in [0.3, 0.4) is 0 Å². The molecule has 14 heteroatoms. The largest absolute Gasteiger partial charge is 0.444 e. The van der Waals surface area contributed by atoms with Gasteiger partial charge in [-0.05, 0) is 69.5 Å². The Morgan fingerprint density at radius 2 is 1.69 bits per heavy atom. The summed E-state index contributed by atoms with van der Waals surface area (Å²) < 4.78 is 35.6. The van der Waals surface area contributed by atoms with Crippen molar-refractivity contribution in [1.29, 1.82) is 0 Å². The molecule has 2 aromatic carbocycles. The first-order chi connectivity index (χ1) is 19.5. The fourth-order valence-electron chi connectivity index (χ4n) is 5.00. The van der Waals surface area contributed by atoms with Crippen LogP contribution in [0.25, 0.3) is 10.9 Å². The molecule has 2 heterocycles. The lowest BCUT2D eigenvalue weighted by Gasteiger charge is -2.42. The minimum absolute atomic E-state index is 0.0170. The summed E-state index contributed by atoms with van der Waals surface area (Å²) in [6, 6.07) is 12.0. The van der Waals surface area contributed by atoms with E-state index in [9.17, 15) is 22.8 Å². The Labute approximate surface area is 254 Å². The van der Waals surface area contributed by atoms with Gasteiger partial charge in [-0.25, -0.2) is 9.52 Å². The van der Waals surface area contributed by atoms with Crippen molar-refractivity contribution >= 4 is 67.9 Å². The van der Waals surface area contributed by atoms with Crippen molar-refractivity contribution in [2.75, 3.05) is 18.4 Å². The molecule has 1 saturated heterocycles. The van der Waals surface area contributed by atoms with E-state index >= 15 is 0 Å². The summed E-state index contributed by atoms with van der Waals surface area (Å²) in [4.78, 5) is 37.8. The van der Waals surface area contributed by atoms with Crippen molar-refractivity contribution in [1.82, 2.24) is 18.9 Å². The van der Waals surface area contributed by atoms with E-state index in [2.05, 4.69) is 10.6 Å². The summed E-state index contributed by atoms with van der Waals surface area (Å²) in [6.45, 7) is 6.42. The van der Waals surface area contributed by atoms with Crippen molar-refractivity contribution < 1.29 is 27.5 Å². The number of aryl methyl sites for hydroxylation is 1. The summed E-state index contributed by atoms with van der Waals surface area (Å²) in [5.41, 5.74) is 0.404. The third-order valence-electron chi connectivity index (χ3n) is 6.95. The van der Waals surface area contributed by atoms with Gasteiger partial charge < -0.3 is 14.6 Å². The second-order valence-corrected chi connectivity index (χ2v) is 13.6. The Kier molecular flexibility index (Phi) is 8.85. The van der Waals surface area contributed by atoms with Crippen molar-refractivity contribution in [2.24, 2.45) is 7.05 Å². The number of anilines is 1.